The van der Waals surface area contributed by atoms with Crippen molar-refractivity contribution in [1.29, 1.82) is 0 Å². The summed E-state index contributed by atoms with van der Waals surface area (Å²) in [6.45, 7) is 0.587. The van der Waals surface area contributed by atoms with Crippen LogP contribution in [0.25, 0.3) is 0 Å². The lowest BCUT2D eigenvalue weighted by molar-refractivity contribution is 0.0719. The van der Waals surface area contributed by atoms with Crippen molar-refractivity contribution in [1.82, 2.24) is 4.90 Å². The number of rotatable bonds is 0. The number of oxime groups is 1. The van der Waals surface area contributed by atoms with Crippen LogP contribution in [0.1, 0.15) is 38.8 Å². The molecule has 2 aliphatic heterocycles. The van der Waals surface area contributed by atoms with E-state index in [1.165, 1.54) is 0 Å². The summed E-state index contributed by atoms with van der Waals surface area (Å²) in [6, 6.07) is 9.65. The van der Waals surface area contributed by atoms with E-state index in [9.17, 15) is 10.0 Å². The maximum absolute atomic E-state index is 12.5. The Balaban J connectivity index is 1.87. The normalized spacial score (nSPS) is 22.4. The van der Waals surface area contributed by atoms with Gasteiger partial charge >= 0.3 is 0 Å². The molecule has 4 rings (SSSR count). The molecule has 4 nitrogen and oxygen atoms in total. The highest BCUT2D eigenvalue weighted by Gasteiger charge is 2.40. The molecule has 1 atom stereocenters. The Morgan fingerprint density at radius 1 is 1.25 bits per heavy atom. The molecule has 5 heteroatoms. The van der Waals surface area contributed by atoms with Gasteiger partial charge in [-0.1, -0.05) is 23.4 Å². The molecule has 2 aliphatic rings. The van der Waals surface area contributed by atoms with Gasteiger partial charge in [0.1, 0.15) is 0 Å². The third kappa shape index (κ3) is 1.47. The minimum atomic E-state index is -0.0239. The Bertz CT molecular complexity index is 735. The molecule has 100 valence electrons. The second-order valence-corrected chi connectivity index (χ2v) is 6.05. The third-order valence-corrected chi connectivity index (χ3v) is 4.97. The molecule has 1 aromatic carbocycles. The zero-order chi connectivity index (χ0) is 13.7. The molecule has 20 heavy (non-hydrogen) atoms. The number of carbonyl (C=O) groups is 1. The quantitative estimate of drug-likeness (QED) is 0.597. The molecule has 0 saturated heterocycles. The average Bonchev–Trinajstić information content (AvgIpc) is 2.99. The molecule has 0 spiro atoms. The fraction of sp³-hybridized carbons (Fsp3) is 0.200. The summed E-state index contributed by atoms with van der Waals surface area (Å²) in [5.74, 6) is 0.0733. The smallest absolute Gasteiger partial charge is 0.255 e. The molecule has 1 N–H and O–H groups in total. The van der Waals surface area contributed by atoms with Crippen molar-refractivity contribution in [3.63, 3.8) is 0 Å². The number of carbonyl (C=O) groups excluding carboxylic acids is 1. The maximum Gasteiger partial charge on any atom is 0.255 e. The van der Waals surface area contributed by atoms with E-state index in [1.54, 1.807) is 11.3 Å². The van der Waals surface area contributed by atoms with E-state index < -0.39 is 0 Å². The van der Waals surface area contributed by atoms with Gasteiger partial charge in [-0.2, -0.15) is 0 Å². The van der Waals surface area contributed by atoms with Gasteiger partial charge in [0.25, 0.3) is 5.91 Å². The Morgan fingerprint density at radius 3 is 2.95 bits per heavy atom. The van der Waals surface area contributed by atoms with E-state index >= 15 is 0 Å². The summed E-state index contributed by atoms with van der Waals surface area (Å²) in [5, 5.41) is 14.7. The van der Waals surface area contributed by atoms with Crippen LogP contribution < -0.4 is 0 Å². The van der Waals surface area contributed by atoms with Crippen molar-refractivity contribution < 1.29 is 10.0 Å². The highest BCUT2D eigenvalue weighted by Crippen LogP contribution is 2.41. The molecule has 0 bridgehead atoms. The summed E-state index contributed by atoms with van der Waals surface area (Å²) in [6.07, 6.45) is 0.559. The Hall–Kier alpha value is -2.14. The summed E-state index contributed by atoms with van der Waals surface area (Å²) < 4.78 is 0. The lowest BCUT2D eigenvalue weighted by atomic mass is 9.98. The number of thiophene rings is 1. The van der Waals surface area contributed by atoms with E-state index in [0.717, 1.165) is 21.6 Å². The molecule has 0 radical (unpaired) electrons. The van der Waals surface area contributed by atoms with Crippen molar-refractivity contribution in [2.75, 3.05) is 0 Å². The van der Waals surface area contributed by atoms with Crippen LogP contribution in [0.2, 0.25) is 0 Å². The summed E-state index contributed by atoms with van der Waals surface area (Å²) in [5.41, 5.74) is 3.44. The van der Waals surface area contributed by atoms with Crippen LogP contribution in [0.5, 0.6) is 0 Å². The standard InChI is InChI=1S/C15H12N2O2S/c18-15-10-4-2-1-3-9(10)13-7-12(16-19)11-5-6-20-14(11)8-17(13)15/h1-6,13,19H,7-8H2/b16-12+. The predicted molar refractivity (Wildman–Crippen MR) is 76.3 cm³/mol. The van der Waals surface area contributed by atoms with Gasteiger partial charge < -0.3 is 10.1 Å². The summed E-state index contributed by atoms with van der Waals surface area (Å²) in [4.78, 5) is 15.5. The van der Waals surface area contributed by atoms with Crippen molar-refractivity contribution in [3.05, 3.63) is 57.3 Å². The zero-order valence-corrected chi connectivity index (χ0v) is 11.4. The van der Waals surface area contributed by atoms with E-state index in [0.29, 0.717) is 18.7 Å². The van der Waals surface area contributed by atoms with Crippen LogP contribution in [0.4, 0.5) is 0 Å². The van der Waals surface area contributed by atoms with Gasteiger partial charge in [-0.05, 0) is 23.1 Å². The first kappa shape index (κ1) is 11.7. The predicted octanol–water partition coefficient (Wildman–Crippen LogP) is 3.03. The van der Waals surface area contributed by atoms with E-state index in [-0.39, 0.29) is 11.9 Å². The number of fused-ring (bicyclic) bond motifs is 4. The first-order valence-electron chi connectivity index (χ1n) is 6.47. The first-order valence-corrected chi connectivity index (χ1v) is 7.35. The highest BCUT2D eigenvalue weighted by atomic mass is 32.1. The van der Waals surface area contributed by atoms with E-state index in [2.05, 4.69) is 5.16 Å². The lowest BCUT2D eigenvalue weighted by Crippen LogP contribution is -2.26. The molecule has 1 aromatic heterocycles. The minimum Gasteiger partial charge on any atom is -0.411 e. The third-order valence-electron chi connectivity index (χ3n) is 4.06. The van der Waals surface area contributed by atoms with E-state index in [4.69, 9.17) is 0 Å². The van der Waals surface area contributed by atoms with Gasteiger partial charge in [-0.25, -0.2) is 0 Å². The second-order valence-electron chi connectivity index (χ2n) is 5.04. The fourth-order valence-corrected chi connectivity index (χ4v) is 4.01. The summed E-state index contributed by atoms with van der Waals surface area (Å²) >= 11 is 1.60. The van der Waals surface area contributed by atoms with Gasteiger partial charge in [0.15, 0.2) is 0 Å². The van der Waals surface area contributed by atoms with Crippen LogP contribution in [-0.4, -0.2) is 21.7 Å². The SMILES string of the molecule is O=C1c2ccccc2C2C/C(=N\O)c3ccsc3CN12. The molecule has 1 amide bonds. The molecule has 0 aliphatic carbocycles. The van der Waals surface area contributed by atoms with Crippen molar-refractivity contribution in [2.45, 2.75) is 19.0 Å². The first-order chi connectivity index (χ1) is 9.79. The number of hydrogen-bond donors (Lipinski definition) is 1. The Labute approximate surface area is 120 Å². The zero-order valence-electron chi connectivity index (χ0n) is 10.6. The minimum absolute atomic E-state index is 0.0239. The molecule has 3 heterocycles. The van der Waals surface area contributed by atoms with Crippen LogP contribution in [0, 0.1) is 0 Å². The van der Waals surface area contributed by atoms with Gasteiger partial charge in [-0.15, -0.1) is 11.3 Å². The number of hydrogen-bond acceptors (Lipinski definition) is 4. The fourth-order valence-electron chi connectivity index (χ4n) is 3.11. The number of nitrogens with zero attached hydrogens (tertiary/aromatic N) is 2. The molecule has 1 unspecified atom stereocenters. The van der Waals surface area contributed by atoms with Crippen LogP contribution >= 0.6 is 11.3 Å². The van der Waals surface area contributed by atoms with Crippen molar-refractivity contribution in [3.8, 4) is 0 Å². The largest absolute Gasteiger partial charge is 0.411 e. The number of amides is 1. The number of benzene rings is 1. The van der Waals surface area contributed by atoms with Crippen LogP contribution in [0.15, 0.2) is 40.9 Å². The monoisotopic (exact) mass is 284 g/mol. The maximum atomic E-state index is 12.5. The van der Waals surface area contributed by atoms with Crippen molar-refractivity contribution in [2.24, 2.45) is 5.16 Å². The van der Waals surface area contributed by atoms with Crippen molar-refractivity contribution >= 4 is 23.0 Å². The molecule has 0 saturated carbocycles. The van der Waals surface area contributed by atoms with Gasteiger partial charge in [0.2, 0.25) is 0 Å². The summed E-state index contributed by atoms with van der Waals surface area (Å²) in [7, 11) is 0. The molecule has 2 aromatic rings. The van der Waals surface area contributed by atoms with Crippen LogP contribution in [-0.2, 0) is 6.54 Å². The van der Waals surface area contributed by atoms with Gasteiger partial charge in [0, 0.05) is 22.4 Å². The van der Waals surface area contributed by atoms with Gasteiger partial charge in [0.05, 0.1) is 18.3 Å². The highest BCUT2D eigenvalue weighted by molar-refractivity contribution is 7.10. The average molecular weight is 284 g/mol. The van der Waals surface area contributed by atoms with E-state index in [1.807, 2.05) is 40.6 Å². The van der Waals surface area contributed by atoms with Crippen LogP contribution in [0.3, 0.4) is 0 Å². The molecular weight excluding hydrogens is 272 g/mol. The van der Waals surface area contributed by atoms with Gasteiger partial charge in [-0.3, -0.25) is 4.79 Å². The lowest BCUT2D eigenvalue weighted by Gasteiger charge is -2.22. The Morgan fingerprint density at radius 2 is 2.10 bits per heavy atom. The topological polar surface area (TPSA) is 52.9 Å². The molecule has 0 fully saturated rings. The second kappa shape index (κ2) is 4.18. The molecular formula is C15H12N2O2S. The Kier molecular flexibility index (Phi) is 2.44.